The van der Waals surface area contributed by atoms with Crippen LogP contribution in [0.5, 0.6) is 0 Å². The number of hydrogen-bond acceptors (Lipinski definition) is 7. The largest absolute Gasteiger partial charge is 0.379 e. The summed E-state index contributed by atoms with van der Waals surface area (Å²) in [4.78, 5) is 36.3. The van der Waals surface area contributed by atoms with E-state index in [1.165, 1.54) is 39.2 Å². The maximum Gasteiger partial charge on any atom is 0.352 e. The fraction of sp³-hybridized carbons (Fsp3) is 0.560. The first kappa shape index (κ1) is 22.9. The summed E-state index contributed by atoms with van der Waals surface area (Å²) in [6, 6.07) is 8.15. The van der Waals surface area contributed by atoms with Crippen LogP contribution >= 0.6 is 0 Å². The summed E-state index contributed by atoms with van der Waals surface area (Å²) in [7, 11) is 1.44. The molecule has 2 fully saturated rings. The molecule has 3 heterocycles. The van der Waals surface area contributed by atoms with E-state index in [0.29, 0.717) is 18.3 Å². The van der Waals surface area contributed by atoms with Crippen molar-refractivity contribution in [3.05, 3.63) is 50.7 Å². The van der Waals surface area contributed by atoms with Crippen LogP contribution in [0, 0.1) is 5.92 Å². The minimum Gasteiger partial charge on any atom is -0.379 e. The molecule has 0 N–H and O–H groups in total. The van der Waals surface area contributed by atoms with E-state index in [1.807, 2.05) is 12.1 Å². The van der Waals surface area contributed by atoms with E-state index in [4.69, 9.17) is 9.84 Å². The maximum absolute atomic E-state index is 12.9. The molecule has 1 saturated heterocycles. The minimum absolute atomic E-state index is 0.189. The Morgan fingerprint density at radius 1 is 1.06 bits per heavy atom. The molecule has 0 radical (unpaired) electrons. The summed E-state index contributed by atoms with van der Waals surface area (Å²) in [6.45, 7) is 4.78. The molecule has 0 spiro atoms. The molecule has 0 aromatic heterocycles. The Bertz CT molecular complexity index is 1220. The van der Waals surface area contributed by atoms with Crippen LogP contribution in [0.2, 0.25) is 0 Å². The van der Waals surface area contributed by atoms with Gasteiger partial charge in [0.1, 0.15) is 0 Å². The van der Waals surface area contributed by atoms with Crippen molar-refractivity contribution in [3.8, 4) is 22.9 Å². The Hall–Kier alpha value is -2.91. The zero-order valence-electron chi connectivity index (χ0n) is 19.8. The van der Waals surface area contributed by atoms with Gasteiger partial charge < -0.3 is 4.74 Å². The van der Waals surface area contributed by atoms with E-state index >= 15 is 0 Å². The second-order valence-corrected chi connectivity index (χ2v) is 9.47. The molecule has 0 bridgehead atoms. The van der Waals surface area contributed by atoms with E-state index in [1.54, 1.807) is 4.68 Å². The average molecular weight is 465 g/mol. The van der Waals surface area contributed by atoms with Crippen LogP contribution in [0.4, 0.5) is 0 Å². The van der Waals surface area contributed by atoms with Gasteiger partial charge in [-0.15, -0.1) is 0 Å². The van der Waals surface area contributed by atoms with E-state index in [-0.39, 0.29) is 11.5 Å². The summed E-state index contributed by atoms with van der Waals surface area (Å²) >= 11 is 0. The number of aromatic nitrogens is 5. The molecule has 4 aliphatic rings. The number of fused-ring (bicyclic) bond motifs is 1. The Kier molecular flexibility index (Phi) is 6.82. The number of ether oxygens (including phenoxy) is 1. The van der Waals surface area contributed by atoms with Crippen molar-refractivity contribution in [2.24, 2.45) is 13.0 Å². The summed E-state index contributed by atoms with van der Waals surface area (Å²) in [6.07, 6.45) is 7.25. The van der Waals surface area contributed by atoms with Crippen molar-refractivity contribution in [3.63, 3.8) is 0 Å². The number of nitrogens with zero attached hydrogens (tertiary/aromatic N) is 6. The third kappa shape index (κ3) is 4.95. The standard InChI is InChI=1S/C25H32N6O3/c1-29-24(32)21-23(27-25(29)33)31(11-10-18-6-3-2-4-7-18)28-22(26-21)20-9-5-8-19(16-20)17-30-12-14-34-15-13-30/h5,8-9,16,18H,2-4,6-7,10-15,17H2,1H3. The quantitative estimate of drug-likeness (QED) is 0.552. The predicted octanol–water partition coefficient (Wildman–Crippen LogP) is 2.31. The second kappa shape index (κ2) is 10.1. The molecule has 34 heavy (non-hydrogen) atoms. The summed E-state index contributed by atoms with van der Waals surface area (Å²) < 4.78 is 8.20. The number of benzene rings is 1. The lowest BCUT2D eigenvalue weighted by atomic mass is 9.87. The topological polar surface area (TPSA) is 95.1 Å². The van der Waals surface area contributed by atoms with Crippen LogP contribution < -0.4 is 11.2 Å². The highest BCUT2D eigenvalue weighted by Crippen LogP contribution is 2.27. The van der Waals surface area contributed by atoms with Gasteiger partial charge in [0.15, 0.2) is 17.3 Å². The molecule has 1 aromatic carbocycles. The average Bonchev–Trinajstić information content (AvgIpc) is 2.87. The Morgan fingerprint density at radius 3 is 2.65 bits per heavy atom. The van der Waals surface area contributed by atoms with Crippen LogP contribution in [0.1, 0.15) is 44.1 Å². The van der Waals surface area contributed by atoms with Crippen LogP contribution in [-0.4, -0.2) is 55.5 Å². The summed E-state index contributed by atoms with van der Waals surface area (Å²) in [5.41, 5.74) is 1.20. The summed E-state index contributed by atoms with van der Waals surface area (Å²) in [5, 5.41) is 4.78. The number of morpholine rings is 1. The van der Waals surface area contributed by atoms with Crippen LogP contribution in [-0.2, 0) is 24.9 Å². The van der Waals surface area contributed by atoms with Gasteiger partial charge in [-0.25, -0.2) is 14.5 Å². The van der Waals surface area contributed by atoms with Gasteiger partial charge in [0.25, 0.3) is 5.56 Å². The minimum atomic E-state index is -0.576. The smallest absolute Gasteiger partial charge is 0.352 e. The van der Waals surface area contributed by atoms with Crippen molar-refractivity contribution in [2.75, 3.05) is 26.3 Å². The lowest BCUT2D eigenvalue weighted by Gasteiger charge is -2.26. The van der Waals surface area contributed by atoms with E-state index < -0.39 is 11.2 Å². The van der Waals surface area contributed by atoms with Gasteiger partial charge in [0, 0.05) is 38.8 Å². The fourth-order valence-corrected chi connectivity index (χ4v) is 5.01. The van der Waals surface area contributed by atoms with Gasteiger partial charge in [-0.3, -0.25) is 14.3 Å². The normalized spacial score (nSPS) is 17.9. The number of rotatable bonds is 6. The van der Waals surface area contributed by atoms with Crippen LogP contribution in [0.15, 0.2) is 33.9 Å². The summed E-state index contributed by atoms with van der Waals surface area (Å²) in [5.74, 6) is 1.40. The third-order valence-electron chi connectivity index (χ3n) is 7.05. The van der Waals surface area contributed by atoms with Crippen molar-refractivity contribution in [1.29, 1.82) is 0 Å². The molecule has 0 amide bonds. The first-order chi connectivity index (χ1) is 16.6. The fourth-order valence-electron chi connectivity index (χ4n) is 5.01. The molecule has 0 atom stereocenters. The second-order valence-electron chi connectivity index (χ2n) is 9.47. The molecular formula is C25H32N6O3. The first-order valence-electron chi connectivity index (χ1n) is 12.3. The van der Waals surface area contributed by atoms with Crippen molar-refractivity contribution >= 4 is 0 Å². The van der Waals surface area contributed by atoms with Crippen molar-refractivity contribution in [1.82, 2.24) is 29.2 Å². The Balaban J connectivity index is 1.50. The van der Waals surface area contributed by atoms with Crippen LogP contribution in [0.3, 0.4) is 0 Å². The molecule has 180 valence electrons. The molecule has 1 aliphatic carbocycles. The lowest BCUT2D eigenvalue weighted by molar-refractivity contribution is 0.0342. The molecular weight excluding hydrogens is 432 g/mol. The monoisotopic (exact) mass is 464 g/mol. The highest BCUT2D eigenvalue weighted by Gasteiger charge is 2.22. The zero-order chi connectivity index (χ0) is 23.5. The molecule has 3 aliphatic heterocycles. The highest BCUT2D eigenvalue weighted by atomic mass is 16.5. The van der Waals surface area contributed by atoms with Gasteiger partial charge in [-0.2, -0.15) is 10.1 Å². The van der Waals surface area contributed by atoms with Crippen molar-refractivity contribution in [2.45, 2.75) is 51.6 Å². The molecule has 5 rings (SSSR count). The Morgan fingerprint density at radius 2 is 1.85 bits per heavy atom. The van der Waals surface area contributed by atoms with E-state index in [0.717, 1.165) is 55.0 Å². The number of hydrogen-bond donors (Lipinski definition) is 0. The van der Waals surface area contributed by atoms with Gasteiger partial charge in [0.2, 0.25) is 0 Å². The maximum atomic E-state index is 12.9. The molecule has 1 aromatic rings. The van der Waals surface area contributed by atoms with Gasteiger partial charge >= 0.3 is 5.69 Å². The lowest BCUT2D eigenvalue weighted by Crippen LogP contribution is -2.37. The third-order valence-corrected chi connectivity index (χ3v) is 7.05. The molecule has 9 heteroatoms. The first-order valence-corrected chi connectivity index (χ1v) is 12.3. The molecule has 0 unspecified atom stereocenters. The van der Waals surface area contributed by atoms with Gasteiger partial charge in [-0.05, 0) is 24.0 Å². The van der Waals surface area contributed by atoms with Gasteiger partial charge in [-0.1, -0.05) is 50.3 Å². The van der Waals surface area contributed by atoms with Gasteiger partial charge in [0.05, 0.1) is 13.2 Å². The predicted molar refractivity (Wildman–Crippen MR) is 129 cm³/mol. The number of aryl methyl sites for hydroxylation is 1. The zero-order valence-corrected chi connectivity index (χ0v) is 19.8. The SMILES string of the molecule is Cn1c(=O)nc2n(CCC3CCCCC3)nc(-c3cccc(CN4CCOCC4)c3)nc-2c1=O. The molecule has 9 nitrogen and oxygen atoms in total. The van der Waals surface area contributed by atoms with Crippen molar-refractivity contribution < 1.29 is 4.74 Å². The van der Waals surface area contributed by atoms with E-state index in [9.17, 15) is 9.59 Å². The Labute approximate surface area is 198 Å². The van der Waals surface area contributed by atoms with Crippen LogP contribution in [0.25, 0.3) is 22.9 Å². The highest BCUT2D eigenvalue weighted by molar-refractivity contribution is 5.60. The van der Waals surface area contributed by atoms with E-state index in [2.05, 4.69) is 27.0 Å². The molecule has 1 saturated carbocycles.